The molecule has 1 N–H and O–H groups in total. The largest absolute Gasteiger partial charge is 0.362 e. The van der Waals surface area contributed by atoms with Crippen LogP contribution < -0.4 is 10.2 Å². The first-order chi connectivity index (χ1) is 15.6. The van der Waals surface area contributed by atoms with Gasteiger partial charge in [0.1, 0.15) is 5.70 Å². The molecule has 1 saturated heterocycles. The highest BCUT2D eigenvalue weighted by molar-refractivity contribution is 6.42. The van der Waals surface area contributed by atoms with Crippen LogP contribution >= 0.6 is 23.2 Å². The molecule has 0 aliphatic carbocycles. The molecule has 5 nitrogen and oxygen atoms in total. The third-order valence-corrected chi connectivity index (χ3v) is 6.79. The number of imide groups is 1. The summed E-state index contributed by atoms with van der Waals surface area (Å²) in [5.41, 5.74) is 5.30. The van der Waals surface area contributed by atoms with E-state index in [1.165, 1.54) is 16.2 Å². The standard InChI is InChI=1S/C26H27Cl2N3O2/c1-5-10-31-23-9-7-17(11-19(23)16(2)14-26(31,3)4)13-22-24(32)30(25(33)29-22)15-18-6-8-20(27)21(28)12-18/h6-9,11-14H,5,10,15H2,1-4H3,(H,29,33)/b22-13+. The van der Waals surface area contributed by atoms with E-state index in [9.17, 15) is 9.59 Å². The first-order valence-corrected chi connectivity index (χ1v) is 11.8. The molecule has 33 heavy (non-hydrogen) atoms. The zero-order valence-electron chi connectivity index (χ0n) is 19.2. The molecule has 0 atom stereocenters. The number of benzene rings is 2. The van der Waals surface area contributed by atoms with E-state index in [2.05, 4.69) is 56.1 Å². The minimum absolute atomic E-state index is 0.0620. The predicted octanol–water partition coefficient (Wildman–Crippen LogP) is 6.50. The number of hydrogen-bond acceptors (Lipinski definition) is 3. The Morgan fingerprint density at radius 3 is 2.52 bits per heavy atom. The molecule has 3 amide bonds. The van der Waals surface area contributed by atoms with Gasteiger partial charge in [-0.2, -0.15) is 0 Å². The van der Waals surface area contributed by atoms with Gasteiger partial charge in [0.25, 0.3) is 5.91 Å². The number of carbonyl (C=O) groups is 2. The lowest BCUT2D eigenvalue weighted by Gasteiger charge is -2.43. The van der Waals surface area contributed by atoms with E-state index in [1.54, 1.807) is 24.3 Å². The topological polar surface area (TPSA) is 52.7 Å². The van der Waals surface area contributed by atoms with Gasteiger partial charge in [0.15, 0.2) is 0 Å². The molecule has 2 heterocycles. The third-order valence-electron chi connectivity index (χ3n) is 6.05. The molecule has 0 spiro atoms. The van der Waals surface area contributed by atoms with E-state index in [-0.39, 0.29) is 23.7 Å². The molecule has 2 aromatic rings. The van der Waals surface area contributed by atoms with Crippen LogP contribution in [0.25, 0.3) is 11.6 Å². The molecule has 1 fully saturated rings. The second-order valence-corrected chi connectivity index (χ2v) is 9.85. The highest BCUT2D eigenvalue weighted by atomic mass is 35.5. The van der Waals surface area contributed by atoms with Crippen molar-refractivity contribution in [2.75, 3.05) is 11.4 Å². The Kier molecular flexibility index (Phi) is 6.30. The van der Waals surface area contributed by atoms with Gasteiger partial charge in [-0.3, -0.25) is 9.69 Å². The van der Waals surface area contributed by atoms with Crippen molar-refractivity contribution < 1.29 is 9.59 Å². The van der Waals surface area contributed by atoms with Gasteiger partial charge in [-0.25, -0.2) is 4.79 Å². The Labute approximate surface area is 204 Å². The molecule has 172 valence electrons. The minimum Gasteiger partial charge on any atom is -0.362 e. The molecular weight excluding hydrogens is 457 g/mol. The number of nitrogens with one attached hydrogen (secondary N) is 1. The average Bonchev–Trinajstić information content (AvgIpc) is 3.01. The SMILES string of the molecule is CCCN1c2ccc(/C=C3/NC(=O)N(Cc4ccc(Cl)c(Cl)c4)C3=O)cc2C(C)=CC1(C)C. The Hall–Kier alpha value is -2.76. The van der Waals surface area contributed by atoms with Crippen molar-refractivity contribution in [2.45, 2.75) is 46.2 Å². The molecule has 0 saturated carbocycles. The van der Waals surface area contributed by atoms with Gasteiger partial charge in [-0.05, 0) is 74.2 Å². The summed E-state index contributed by atoms with van der Waals surface area (Å²) in [5, 5.41) is 3.51. The van der Waals surface area contributed by atoms with Crippen LogP contribution in [0.5, 0.6) is 0 Å². The fraction of sp³-hybridized carbons (Fsp3) is 0.308. The highest BCUT2D eigenvalue weighted by Crippen LogP contribution is 2.39. The van der Waals surface area contributed by atoms with Crippen LogP contribution in [-0.2, 0) is 11.3 Å². The number of rotatable bonds is 5. The van der Waals surface area contributed by atoms with Crippen molar-refractivity contribution >= 4 is 52.5 Å². The van der Waals surface area contributed by atoms with E-state index in [0.717, 1.165) is 29.7 Å². The minimum atomic E-state index is -0.456. The summed E-state index contributed by atoms with van der Waals surface area (Å²) in [6, 6.07) is 10.8. The second kappa shape index (κ2) is 8.88. The number of fused-ring (bicyclic) bond motifs is 1. The van der Waals surface area contributed by atoms with E-state index in [1.807, 2.05) is 6.07 Å². The van der Waals surface area contributed by atoms with Crippen molar-refractivity contribution in [3.63, 3.8) is 0 Å². The predicted molar refractivity (Wildman–Crippen MR) is 135 cm³/mol. The van der Waals surface area contributed by atoms with Crippen molar-refractivity contribution in [1.29, 1.82) is 0 Å². The Morgan fingerprint density at radius 1 is 1.06 bits per heavy atom. The monoisotopic (exact) mass is 483 g/mol. The van der Waals surface area contributed by atoms with Crippen LogP contribution in [0.15, 0.2) is 48.2 Å². The van der Waals surface area contributed by atoms with Gasteiger partial charge in [-0.15, -0.1) is 0 Å². The summed E-state index contributed by atoms with van der Waals surface area (Å²) in [6.45, 7) is 9.81. The number of hydrogen-bond donors (Lipinski definition) is 1. The second-order valence-electron chi connectivity index (χ2n) is 9.04. The zero-order valence-corrected chi connectivity index (χ0v) is 20.7. The van der Waals surface area contributed by atoms with E-state index < -0.39 is 6.03 Å². The molecule has 0 unspecified atom stereocenters. The number of anilines is 1. The lowest BCUT2D eigenvalue weighted by Crippen LogP contribution is -2.45. The van der Waals surface area contributed by atoms with Crippen LogP contribution in [0.1, 0.15) is 50.8 Å². The highest BCUT2D eigenvalue weighted by Gasteiger charge is 2.34. The smallest absolute Gasteiger partial charge is 0.329 e. The Morgan fingerprint density at radius 2 is 1.82 bits per heavy atom. The lowest BCUT2D eigenvalue weighted by molar-refractivity contribution is -0.123. The van der Waals surface area contributed by atoms with Gasteiger partial charge in [-0.1, -0.05) is 48.3 Å². The molecule has 7 heteroatoms. The summed E-state index contributed by atoms with van der Waals surface area (Å²) in [5.74, 6) is -0.371. The fourth-order valence-electron chi connectivity index (χ4n) is 4.53. The summed E-state index contributed by atoms with van der Waals surface area (Å²) < 4.78 is 0. The van der Waals surface area contributed by atoms with Gasteiger partial charge in [0.2, 0.25) is 0 Å². The maximum Gasteiger partial charge on any atom is 0.329 e. The van der Waals surface area contributed by atoms with Crippen molar-refractivity contribution in [2.24, 2.45) is 0 Å². The number of allylic oxidation sites excluding steroid dienone is 1. The van der Waals surface area contributed by atoms with Crippen LogP contribution in [0, 0.1) is 0 Å². The van der Waals surface area contributed by atoms with Gasteiger partial charge < -0.3 is 10.2 Å². The maximum atomic E-state index is 12.9. The normalized spacial score (nSPS) is 18.5. The fourth-order valence-corrected chi connectivity index (χ4v) is 4.85. The summed E-state index contributed by atoms with van der Waals surface area (Å²) in [6.07, 6.45) is 5.06. The quantitative estimate of drug-likeness (QED) is 0.390. The van der Waals surface area contributed by atoms with E-state index >= 15 is 0 Å². The molecule has 0 aromatic heterocycles. The van der Waals surface area contributed by atoms with Crippen LogP contribution in [-0.4, -0.2) is 28.9 Å². The zero-order chi connectivity index (χ0) is 23.9. The van der Waals surface area contributed by atoms with Gasteiger partial charge in [0.05, 0.1) is 22.1 Å². The number of urea groups is 1. The first-order valence-electron chi connectivity index (χ1n) is 11.0. The van der Waals surface area contributed by atoms with Crippen LogP contribution in [0.4, 0.5) is 10.5 Å². The number of nitrogens with zero attached hydrogens (tertiary/aromatic N) is 2. The summed E-state index contributed by atoms with van der Waals surface area (Å²) in [7, 11) is 0. The summed E-state index contributed by atoms with van der Waals surface area (Å²) in [4.78, 5) is 29.0. The molecule has 4 rings (SSSR count). The van der Waals surface area contributed by atoms with Crippen LogP contribution in [0.2, 0.25) is 10.0 Å². The van der Waals surface area contributed by atoms with Gasteiger partial charge in [0, 0.05) is 17.8 Å². The van der Waals surface area contributed by atoms with Crippen molar-refractivity contribution in [3.8, 4) is 0 Å². The van der Waals surface area contributed by atoms with E-state index in [4.69, 9.17) is 23.2 Å². The molecule has 2 aliphatic heterocycles. The van der Waals surface area contributed by atoms with Crippen molar-refractivity contribution in [1.82, 2.24) is 10.2 Å². The van der Waals surface area contributed by atoms with Gasteiger partial charge >= 0.3 is 6.03 Å². The Bertz CT molecular complexity index is 1200. The molecule has 0 bridgehead atoms. The number of halogens is 2. The number of carbonyl (C=O) groups excluding carboxylic acids is 2. The van der Waals surface area contributed by atoms with Crippen molar-refractivity contribution in [3.05, 3.63) is 74.9 Å². The molecule has 2 aromatic carbocycles. The van der Waals surface area contributed by atoms with E-state index in [0.29, 0.717) is 10.0 Å². The molecule has 0 radical (unpaired) electrons. The van der Waals surface area contributed by atoms with Crippen LogP contribution in [0.3, 0.4) is 0 Å². The molecule has 2 aliphatic rings. The molecular formula is C26H27Cl2N3O2. The number of amides is 3. The lowest BCUT2D eigenvalue weighted by atomic mass is 9.87. The maximum absolute atomic E-state index is 12.9. The first kappa shape index (κ1) is 23.4. The third kappa shape index (κ3) is 4.53. The average molecular weight is 484 g/mol. The summed E-state index contributed by atoms with van der Waals surface area (Å²) >= 11 is 12.0. The Balaban J connectivity index is 1.61.